The molecule has 120 valence electrons. The van der Waals surface area contributed by atoms with Crippen LogP contribution in [0.25, 0.3) is 16.7 Å². The van der Waals surface area contributed by atoms with Gasteiger partial charge in [-0.05, 0) is 53.5 Å². The van der Waals surface area contributed by atoms with E-state index in [9.17, 15) is 4.79 Å². The van der Waals surface area contributed by atoms with Gasteiger partial charge in [0.2, 0.25) is 0 Å². The van der Waals surface area contributed by atoms with Gasteiger partial charge in [0, 0.05) is 10.7 Å². The Balaban J connectivity index is 2.01. The van der Waals surface area contributed by atoms with Crippen molar-refractivity contribution in [1.29, 1.82) is 0 Å². The van der Waals surface area contributed by atoms with Crippen LogP contribution >= 0.6 is 15.9 Å². The summed E-state index contributed by atoms with van der Waals surface area (Å²) >= 11 is 3.47. The molecule has 0 unspecified atom stereocenters. The van der Waals surface area contributed by atoms with Gasteiger partial charge in [-0.25, -0.2) is 9.97 Å². The molecule has 0 radical (unpaired) electrons. The Labute approximate surface area is 147 Å². The van der Waals surface area contributed by atoms with E-state index < -0.39 is 0 Å². The Morgan fingerprint density at radius 3 is 2.75 bits per heavy atom. The zero-order valence-corrected chi connectivity index (χ0v) is 14.9. The molecule has 0 atom stereocenters. The van der Waals surface area contributed by atoms with Gasteiger partial charge in [-0.3, -0.25) is 13.8 Å². The van der Waals surface area contributed by atoms with Crippen LogP contribution in [0, 0.1) is 6.92 Å². The van der Waals surface area contributed by atoms with Crippen molar-refractivity contribution < 1.29 is 4.79 Å². The fourth-order valence-electron chi connectivity index (χ4n) is 3.05. The van der Waals surface area contributed by atoms with Crippen LogP contribution in [0.1, 0.15) is 28.9 Å². The molecule has 0 saturated carbocycles. The van der Waals surface area contributed by atoms with E-state index in [2.05, 4.69) is 25.9 Å². The van der Waals surface area contributed by atoms with Crippen molar-refractivity contribution in [2.45, 2.75) is 20.3 Å². The Hall–Kier alpha value is -2.47. The van der Waals surface area contributed by atoms with E-state index in [-0.39, 0.29) is 5.91 Å². The Morgan fingerprint density at radius 2 is 1.96 bits per heavy atom. The normalized spacial score (nSPS) is 11.5. The molecular weight excluding hydrogens is 368 g/mol. The summed E-state index contributed by atoms with van der Waals surface area (Å²) < 4.78 is 4.41. The van der Waals surface area contributed by atoms with Crippen molar-refractivity contribution in [3.8, 4) is 0 Å². The van der Waals surface area contributed by atoms with Gasteiger partial charge < -0.3 is 0 Å². The number of halogens is 1. The van der Waals surface area contributed by atoms with Crippen LogP contribution in [0.2, 0.25) is 0 Å². The average molecular weight is 383 g/mol. The topological polar surface area (TPSA) is 52.2 Å². The van der Waals surface area contributed by atoms with E-state index >= 15 is 0 Å². The van der Waals surface area contributed by atoms with Crippen molar-refractivity contribution in [2.75, 3.05) is 0 Å². The van der Waals surface area contributed by atoms with E-state index in [1.807, 2.05) is 60.8 Å². The predicted molar refractivity (Wildman–Crippen MR) is 96.5 cm³/mol. The van der Waals surface area contributed by atoms with Gasteiger partial charge in [0.1, 0.15) is 17.2 Å². The Kier molecular flexibility index (Phi) is 3.49. The molecule has 0 aliphatic rings. The number of aromatic nitrogens is 4. The summed E-state index contributed by atoms with van der Waals surface area (Å²) in [6.07, 6.45) is 2.56. The summed E-state index contributed by atoms with van der Waals surface area (Å²) in [5, 5.41) is 0. The quantitative estimate of drug-likeness (QED) is 0.526. The molecule has 0 bridgehead atoms. The van der Waals surface area contributed by atoms with Gasteiger partial charge in [-0.1, -0.05) is 19.1 Å². The standard InChI is InChI=1S/C18H15BrN4O/c1-3-13-17(22-10-12(19)8-9-16(22)21-13)18(24)23-11(2)20-14-6-4-5-7-15(14)23/h4-10H,3H2,1-2H3. The van der Waals surface area contributed by atoms with Gasteiger partial charge in [0.05, 0.1) is 16.7 Å². The first kappa shape index (κ1) is 15.1. The molecule has 0 aliphatic heterocycles. The fraction of sp³-hybridized carbons (Fsp3) is 0.167. The predicted octanol–water partition coefficient (Wildman–Crippen LogP) is 4.01. The summed E-state index contributed by atoms with van der Waals surface area (Å²) in [6.45, 7) is 3.86. The molecule has 4 aromatic rings. The maximum Gasteiger partial charge on any atom is 0.282 e. The largest absolute Gasteiger partial charge is 0.294 e. The first-order valence-electron chi connectivity index (χ1n) is 7.75. The van der Waals surface area contributed by atoms with Crippen molar-refractivity contribution in [2.24, 2.45) is 0 Å². The van der Waals surface area contributed by atoms with Crippen molar-refractivity contribution >= 4 is 38.5 Å². The number of aryl methyl sites for hydroxylation is 2. The van der Waals surface area contributed by atoms with E-state index in [0.29, 0.717) is 17.9 Å². The first-order valence-corrected chi connectivity index (χ1v) is 8.54. The lowest BCUT2D eigenvalue weighted by atomic mass is 10.2. The van der Waals surface area contributed by atoms with E-state index in [1.54, 1.807) is 4.57 Å². The number of hydrogen-bond donors (Lipinski definition) is 0. The highest BCUT2D eigenvalue weighted by Gasteiger charge is 2.23. The number of carbonyl (C=O) groups excluding carboxylic acids is 1. The second kappa shape index (κ2) is 5.56. The fourth-order valence-corrected chi connectivity index (χ4v) is 3.39. The van der Waals surface area contributed by atoms with Gasteiger partial charge in [0.15, 0.2) is 0 Å². The number of hydrogen-bond acceptors (Lipinski definition) is 3. The van der Waals surface area contributed by atoms with E-state index in [4.69, 9.17) is 0 Å². The van der Waals surface area contributed by atoms with Gasteiger partial charge in [-0.2, -0.15) is 0 Å². The van der Waals surface area contributed by atoms with E-state index in [1.165, 1.54) is 0 Å². The van der Waals surface area contributed by atoms with Gasteiger partial charge in [-0.15, -0.1) is 0 Å². The molecule has 4 rings (SSSR count). The lowest BCUT2D eigenvalue weighted by Gasteiger charge is -2.07. The second-order valence-electron chi connectivity index (χ2n) is 5.62. The summed E-state index contributed by atoms with van der Waals surface area (Å²) in [4.78, 5) is 22.5. The van der Waals surface area contributed by atoms with Crippen LogP contribution in [0.15, 0.2) is 47.1 Å². The van der Waals surface area contributed by atoms with Crippen molar-refractivity contribution in [1.82, 2.24) is 18.9 Å². The third-order valence-corrected chi connectivity index (χ3v) is 4.59. The molecule has 0 fully saturated rings. The molecule has 0 N–H and O–H groups in total. The average Bonchev–Trinajstić information content (AvgIpc) is 3.10. The number of imidazole rings is 2. The lowest BCUT2D eigenvalue weighted by Crippen LogP contribution is -2.17. The van der Waals surface area contributed by atoms with E-state index in [0.717, 1.165) is 26.8 Å². The molecule has 0 aliphatic carbocycles. The highest BCUT2D eigenvalue weighted by Crippen LogP contribution is 2.22. The number of carbonyl (C=O) groups is 1. The van der Waals surface area contributed by atoms with Crippen LogP contribution in [0.3, 0.4) is 0 Å². The highest BCUT2D eigenvalue weighted by molar-refractivity contribution is 9.10. The third kappa shape index (κ3) is 2.17. The van der Waals surface area contributed by atoms with Crippen LogP contribution in [0.5, 0.6) is 0 Å². The van der Waals surface area contributed by atoms with Crippen molar-refractivity contribution in [3.05, 3.63) is 64.3 Å². The molecule has 0 spiro atoms. The Morgan fingerprint density at radius 1 is 1.17 bits per heavy atom. The number of pyridine rings is 1. The smallest absolute Gasteiger partial charge is 0.282 e. The molecule has 0 saturated heterocycles. The van der Waals surface area contributed by atoms with Crippen LogP contribution in [-0.4, -0.2) is 24.8 Å². The maximum absolute atomic E-state index is 13.4. The minimum atomic E-state index is -0.108. The molecular formula is C18H15BrN4O. The number of rotatable bonds is 2. The number of fused-ring (bicyclic) bond motifs is 2. The zero-order valence-electron chi connectivity index (χ0n) is 13.3. The molecule has 5 nitrogen and oxygen atoms in total. The second-order valence-corrected chi connectivity index (χ2v) is 6.54. The molecule has 3 heterocycles. The van der Waals surface area contributed by atoms with Crippen LogP contribution in [0.4, 0.5) is 0 Å². The van der Waals surface area contributed by atoms with Crippen molar-refractivity contribution in [3.63, 3.8) is 0 Å². The minimum Gasteiger partial charge on any atom is -0.294 e. The number of benzene rings is 1. The van der Waals surface area contributed by atoms with Crippen LogP contribution < -0.4 is 0 Å². The SMILES string of the molecule is CCc1nc2ccc(Br)cn2c1C(=O)n1c(C)nc2ccccc21. The lowest BCUT2D eigenvalue weighted by molar-refractivity contribution is 0.0955. The van der Waals surface area contributed by atoms with Crippen LogP contribution in [-0.2, 0) is 6.42 Å². The molecule has 1 aromatic carbocycles. The highest BCUT2D eigenvalue weighted by atomic mass is 79.9. The zero-order chi connectivity index (χ0) is 16.8. The number of nitrogens with zero attached hydrogens (tertiary/aromatic N) is 4. The summed E-state index contributed by atoms with van der Waals surface area (Å²) in [5.41, 5.74) is 3.76. The summed E-state index contributed by atoms with van der Waals surface area (Å²) in [5.74, 6) is 0.567. The maximum atomic E-state index is 13.4. The number of para-hydroxylation sites is 2. The Bertz CT molecular complexity index is 1090. The summed E-state index contributed by atoms with van der Waals surface area (Å²) in [7, 11) is 0. The molecule has 24 heavy (non-hydrogen) atoms. The summed E-state index contributed by atoms with van der Waals surface area (Å²) in [6, 6.07) is 11.5. The molecule has 3 aromatic heterocycles. The third-order valence-electron chi connectivity index (χ3n) is 4.12. The minimum absolute atomic E-state index is 0.108. The first-order chi connectivity index (χ1) is 11.6. The molecule has 6 heteroatoms. The molecule has 0 amide bonds. The van der Waals surface area contributed by atoms with Gasteiger partial charge in [0.25, 0.3) is 5.91 Å². The van der Waals surface area contributed by atoms with Gasteiger partial charge >= 0.3 is 0 Å². The monoisotopic (exact) mass is 382 g/mol.